The minimum Gasteiger partial charge on any atom is -0.317 e. The van der Waals surface area contributed by atoms with Gasteiger partial charge in [-0.25, -0.2) is 5.01 Å². The topological polar surface area (TPSA) is 39.1 Å². The summed E-state index contributed by atoms with van der Waals surface area (Å²) in [5, 5.41) is 11.1. The predicted octanol–water partition coefficient (Wildman–Crippen LogP) is 4.17. The van der Waals surface area contributed by atoms with E-state index in [1.165, 1.54) is 6.07 Å². The van der Waals surface area contributed by atoms with Gasteiger partial charge < -0.3 is 5.43 Å². The molecule has 1 heterocycles. The molecule has 6 heteroatoms. The van der Waals surface area contributed by atoms with Crippen molar-refractivity contribution in [3.63, 3.8) is 0 Å². The number of hydrogen-bond donors (Lipinski definition) is 1. The summed E-state index contributed by atoms with van der Waals surface area (Å²) in [6, 6.07) is 5.62. The molecule has 1 N–H and O–H groups in total. The standard InChI is InChI=1S/C15H18F3N3/c1-10-4-3-5-11(2)21(10)20-14-7-6-13(15(16,17)18)8-12(14)9-19/h6-8,10-11,20H,3-5H2,1-2H3. The van der Waals surface area contributed by atoms with Gasteiger partial charge in [0.2, 0.25) is 0 Å². The fourth-order valence-electron chi connectivity index (χ4n) is 2.69. The van der Waals surface area contributed by atoms with Crippen molar-refractivity contribution >= 4 is 5.69 Å². The van der Waals surface area contributed by atoms with Crippen LogP contribution in [0.5, 0.6) is 0 Å². The van der Waals surface area contributed by atoms with E-state index in [4.69, 9.17) is 5.26 Å². The third kappa shape index (κ3) is 3.48. The van der Waals surface area contributed by atoms with Crippen molar-refractivity contribution in [1.82, 2.24) is 5.01 Å². The minimum absolute atomic E-state index is 0.00907. The Bertz CT molecular complexity index is 538. The average Bonchev–Trinajstić information content (AvgIpc) is 2.42. The lowest BCUT2D eigenvalue weighted by Gasteiger charge is -2.39. The van der Waals surface area contributed by atoms with Crippen molar-refractivity contribution < 1.29 is 13.2 Å². The number of anilines is 1. The van der Waals surface area contributed by atoms with Crippen LogP contribution in [0.3, 0.4) is 0 Å². The smallest absolute Gasteiger partial charge is 0.317 e. The summed E-state index contributed by atoms with van der Waals surface area (Å²) in [6.45, 7) is 4.14. The maximum atomic E-state index is 12.7. The Hall–Kier alpha value is -1.74. The molecule has 1 aromatic rings. The van der Waals surface area contributed by atoms with Crippen LogP contribution in [-0.2, 0) is 6.18 Å². The highest BCUT2D eigenvalue weighted by atomic mass is 19.4. The van der Waals surface area contributed by atoms with Crippen LogP contribution in [-0.4, -0.2) is 17.1 Å². The number of alkyl halides is 3. The van der Waals surface area contributed by atoms with Crippen molar-refractivity contribution in [3.05, 3.63) is 29.3 Å². The van der Waals surface area contributed by atoms with Gasteiger partial charge in [0.15, 0.2) is 0 Å². The van der Waals surface area contributed by atoms with Crippen molar-refractivity contribution in [2.24, 2.45) is 0 Å². The quantitative estimate of drug-likeness (QED) is 0.890. The van der Waals surface area contributed by atoms with E-state index in [0.717, 1.165) is 31.4 Å². The van der Waals surface area contributed by atoms with E-state index in [-0.39, 0.29) is 17.6 Å². The molecule has 0 radical (unpaired) electrons. The third-order valence-electron chi connectivity index (χ3n) is 3.91. The second-order valence-electron chi connectivity index (χ2n) is 5.52. The Morgan fingerprint density at radius 2 is 1.86 bits per heavy atom. The first-order valence-electron chi connectivity index (χ1n) is 6.99. The summed E-state index contributed by atoms with van der Waals surface area (Å²) in [6.07, 6.45) is -1.24. The Morgan fingerprint density at radius 1 is 1.24 bits per heavy atom. The third-order valence-corrected chi connectivity index (χ3v) is 3.91. The number of hydrogen-bond acceptors (Lipinski definition) is 3. The molecule has 2 rings (SSSR count). The van der Waals surface area contributed by atoms with Crippen molar-refractivity contribution in [3.8, 4) is 6.07 Å². The number of nitrogens with one attached hydrogen (secondary N) is 1. The van der Waals surface area contributed by atoms with Gasteiger partial charge in [-0.2, -0.15) is 18.4 Å². The number of nitrogens with zero attached hydrogens (tertiary/aromatic N) is 2. The minimum atomic E-state index is -4.43. The van der Waals surface area contributed by atoms with Gasteiger partial charge in [-0.15, -0.1) is 0 Å². The van der Waals surface area contributed by atoms with Crippen molar-refractivity contribution in [1.29, 1.82) is 5.26 Å². The van der Waals surface area contributed by atoms with E-state index in [9.17, 15) is 13.2 Å². The van der Waals surface area contributed by atoms with Crippen LogP contribution in [0.4, 0.5) is 18.9 Å². The Morgan fingerprint density at radius 3 is 2.38 bits per heavy atom. The van der Waals surface area contributed by atoms with Gasteiger partial charge in [-0.3, -0.25) is 0 Å². The summed E-state index contributed by atoms with van der Waals surface area (Å²) >= 11 is 0. The normalized spacial score (nSPS) is 23.6. The number of piperidine rings is 1. The number of hydrazine groups is 1. The molecular formula is C15H18F3N3. The lowest BCUT2D eigenvalue weighted by atomic mass is 9.99. The zero-order valence-electron chi connectivity index (χ0n) is 12.0. The SMILES string of the molecule is CC1CCCC(C)N1Nc1ccc(C(F)(F)F)cc1C#N. The molecule has 0 saturated carbocycles. The highest BCUT2D eigenvalue weighted by Crippen LogP contribution is 2.32. The molecule has 2 atom stereocenters. The Labute approximate surface area is 122 Å². The molecule has 114 valence electrons. The summed E-state index contributed by atoms with van der Waals surface area (Å²) in [7, 11) is 0. The molecule has 0 bridgehead atoms. The first-order valence-corrected chi connectivity index (χ1v) is 6.99. The number of benzene rings is 1. The van der Waals surface area contributed by atoms with Crippen LogP contribution in [0.2, 0.25) is 0 Å². The number of nitriles is 1. The fourth-order valence-corrected chi connectivity index (χ4v) is 2.69. The highest BCUT2D eigenvalue weighted by Gasteiger charge is 2.31. The molecule has 0 spiro atoms. The van der Waals surface area contributed by atoms with Gasteiger partial charge in [-0.05, 0) is 44.9 Å². The summed E-state index contributed by atoms with van der Waals surface area (Å²) < 4.78 is 38.0. The predicted molar refractivity (Wildman–Crippen MR) is 74.4 cm³/mol. The van der Waals surface area contributed by atoms with Gasteiger partial charge in [0.05, 0.1) is 16.8 Å². The van der Waals surface area contributed by atoms with Gasteiger partial charge in [0, 0.05) is 12.1 Å². The first-order chi connectivity index (χ1) is 9.82. The number of halogens is 3. The summed E-state index contributed by atoms with van der Waals surface area (Å²) in [4.78, 5) is 0. The second kappa shape index (κ2) is 5.94. The van der Waals surface area contributed by atoms with Crippen LogP contribution in [0.1, 0.15) is 44.2 Å². The molecule has 1 aliphatic rings. The Balaban J connectivity index is 2.26. The zero-order chi connectivity index (χ0) is 15.6. The maximum absolute atomic E-state index is 12.7. The van der Waals surface area contributed by atoms with Crippen LogP contribution in [0.25, 0.3) is 0 Å². The first kappa shape index (κ1) is 15.6. The zero-order valence-corrected chi connectivity index (χ0v) is 12.0. The molecule has 21 heavy (non-hydrogen) atoms. The van der Waals surface area contributed by atoms with Gasteiger partial charge in [0.25, 0.3) is 0 Å². The molecule has 2 unspecified atom stereocenters. The monoisotopic (exact) mass is 297 g/mol. The van der Waals surface area contributed by atoms with Crippen LogP contribution >= 0.6 is 0 Å². The highest BCUT2D eigenvalue weighted by molar-refractivity contribution is 5.58. The van der Waals surface area contributed by atoms with E-state index >= 15 is 0 Å². The molecule has 1 saturated heterocycles. The molecule has 0 aliphatic carbocycles. The lowest BCUT2D eigenvalue weighted by molar-refractivity contribution is -0.137. The maximum Gasteiger partial charge on any atom is 0.416 e. The van der Waals surface area contributed by atoms with E-state index in [2.05, 4.69) is 19.3 Å². The Kier molecular flexibility index (Phi) is 4.43. The fraction of sp³-hybridized carbons (Fsp3) is 0.533. The molecule has 1 fully saturated rings. The van der Waals surface area contributed by atoms with E-state index < -0.39 is 11.7 Å². The summed E-state index contributed by atoms with van der Waals surface area (Å²) in [5.41, 5.74) is 2.75. The van der Waals surface area contributed by atoms with Crippen LogP contribution < -0.4 is 5.43 Å². The second-order valence-corrected chi connectivity index (χ2v) is 5.52. The van der Waals surface area contributed by atoms with Crippen molar-refractivity contribution in [2.75, 3.05) is 5.43 Å². The van der Waals surface area contributed by atoms with Gasteiger partial charge in [-0.1, -0.05) is 6.42 Å². The average molecular weight is 297 g/mol. The van der Waals surface area contributed by atoms with Crippen molar-refractivity contribution in [2.45, 2.75) is 51.4 Å². The van der Waals surface area contributed by atoms with Crippen LogP contribution in [0.15, 0.2) is 18.2 Å². The van der Waals surface area contributed by atoms with E-state index in [0.29, 0.717) is 5.69 Å². The van der Waals surface area contributed by atoms with Crippen LogP contribution in [0, 0.1) is 11.3 Å². The lowest BCUT2D eigenvalue weighted by Crippen LogP contribution is -2.47. The molecule has 0 amide bonds. The molecule has 1 aromatic carbocycles. The largest absolute Gasteiger partial charge is 0.416 e. The molecular weight excluding hydrogens is 279 g/mol. The van der Waals surface area contributed by atoms with Gasteiger partial charge in [0.1, 0.15) is 6.07 Å². The molecule has 1 aliphatic heterocycles. The van der Waals surface area contributed by atoms with E-state index in [1.54, 1.807) is 0 Å². The van der Waals surface area contributed by atoms with E-state index in [1.807, 2.05) is 11.1 Å². The molecule has 3 nitrogen and oxygen atoms in total. The number of rotatable bonds is 2. The summed E-state index contributed by atoms with van der Waals surface area (Å²) in [5.74, 6) is 0. The molecule has 0 aromatic heterocycles. The van der Waals surface area contributed by atoms with Gasteiger partial charge >= 0.3 is 6.18 Å².